The van der Waals surface area contributed by atoms with E-state index in [1.54, 1.807) is 6.07 Å². The van der Waals surface area contributed by atoms with Gasteiger partial charge in [0.2, 0.25) is 0 Å². The van der Waals surface area contributed by atoms with Crippen LogP contribution >= 0.6 is 15.9 Å². The highest BCUT2D eigenvalue weighted by Crippen LogP contribution is 2.21. The number of rotatable bonds is 6. The second-order valence-corrected chi connectivity index (χ2v) is 4.30. The summed E-state index contributed by atoms with van der Waals surface area (Å²) in [6, 6.07) is 4.44. The summed E-state index contributed by atoms with van der Waals surface area (Å²) < 4.78 is 28.7. The largest absolute Gasteiger partial charge is 0.507 e. The number of hydrogen-bond acceptors (Lipinski definition) is 3. The molecule has 4 nitrogen and oxygen atoms in total. The summed E-state index contributed by atoms with van der Waals surface area (Å²) in [6.45, 7) is -0.569. The predicted molar refractivity (Wildman–Crippen MR) is 65.0 cm³/mol. The number of hydrogen-bond donors (Lipinski definition) is 2. The lowest BCUT2D eigenvalue weighted by molar-refractivity contribution is 0.0188. The number of ether oxygens (including phenoxy) is 1. The average molecular weight is 324 g/mol. The molecule has 0 heterocycles. The van der Waals surface area contributed by atoms with E-state index >= 15 is 0 Å². The van der Waals surface area contributed by atoms with E-state index in [9.17, 15) is 18.7 Å². The molecule has 0 saturated heterocycles. The normalized spacial score (nSPS) is 10.7. The Balaban J connectivity index is 2.39. The lowest BCUT2D eigenvalue weighted by Gasteiger charge is -2.07. The van der Waals surface area contributed by atoms with Crippen molar-refractivity contribution < 1.29 is 23.4 Å². The monoisotopic (exact) mass is 323 g/mol. The van der Waals surface area contributed by atoms with E-state index in [4.69, 9.17) is 0 Å². The van der Waals surface area contributed by atoms with Crippen molar-refractivity contribution >= 4 is 21.8 Å². The first kappa shape index (κ1) is 14.8. The molecule has 0 aromatic heterocycles. The molecule has 2 N–H and O–H groups in total. The maximum Gasteiger partial charge on any atom is 0.261 e. The molecule has 0 aliphatic carbocycles. The Hall–Kier alpha value is -1.21. The van der Waals surface area contributed by atoms with Crippen LogP contribution in [0.1, 0.15) is 10.4 Å². The third-order valence-corrected chi connectivity index (χ3v) is 2.47. The summed E-state index contributed by atoms with van der Waals surface area (Å²) in [7, 11) is 0. The molecular formula is C11H12BrF2NO3. The second-order valence-electron chi connectivity index (χ2n) is 3.38. The molecule has 1 aromatic rings. The molecule has 100 valence electrons. The maximum absolute atomic E-state index is 11.7. The van der Waals surface area contributed by atoms with Gasteiger partial charge in [-0.2, -0.15) is 0 Å². The number of phenolic OH excluding ortho intramolecular Hbond substituents is 1. The molecule has 0 bridgehead atoms. The predicted octanol–water partition coefficient (Wildman–Crippen LogP) is 2.17. The van der Waals surface area contributed by atoms with E-state index in [1.807, 2.05) is 0 Å². The molecule has 0 aliphatic heterocycles. The van der Waals surface area contributed by atoms with Crippen molar-refractivity contribution in [3.8, 4) is 5.75 Å². The summed E-state index contributed by atoms with van der Waals surface area (Å²) >= 11 is 3.17. The highest BCUT2D eigenvalue weighted by Gasteiger charge is 2.11. The SMILES string of the molecule is O=C(NCCOCC(F)F)c1cc(Br)ccc1O. The van der Waals surface area contributed by atoms with Crippen LogP contribution in [-0.4, -0.2) is 37.2 Å². The zero-order valence-corrected chi connectivity index (χ0v) is 10.9. The van der Waals surface area contributed by atoms with Gasteiger partial charge < -0.3 is 15.2 Å². The Kier molecular flexibility index (Phi) is 6.00. The van der Waals surface area contributed by atoms with Crippen molar-refractivity contribution in [2.45, 2.75) is 6.43 Å². The summed E-state index contributed by atoms with van der Waals surface area (Å²) in [5, 5.41) is 11.9. The number of carbonyl (C=O) groups is 1. The molecule has 0 aliphatic rings. The Morgan fingerprint density at radius 2 is 2.22 bits per heavy atom. The molecule has 0 spiro atoms. The maximum atomic E-state index is 11.7. The summed E-state index contributed by atoms with van der Waals surface area (Å²) in [4.78, 5) is 11.6. The Morgan fingerprint density at radius 1 is 1.50 bits per heavy atom. The van der Waals surface area contributed by atoms with Crippen LogP contribution in [0.25, 0.3) is 0 Å². The minimum atomic E-state index is -2.52. The first-order chi connectivity index (χ1) is 8.50. The molecule has 0 radical (unpaired) electrons. The summed E-state index contributed by atoms with van der Waals surface area (Å²) in [5.74, 6) is -0.640. The van der Waals surface area contributed by atoms with Gasteiger partial charge in [-0.05, 0) is 18.2 Å². The number of aromatic hydroxyl groups is 1. The van der Waals surface area contributed by atoms with Crippen molar-refractivity contribution in [2.24, 2.45) is 0 Å². The third-order valence-electron chi connectivity index (χ3n) is 1.98. The van der Waals surface area contributed by atoms with E-state index < -0.39 is 18.9 Å². The second kappa shape index (κ2) is 7.27. The molecule has 0 saturated carbocycles. The molecule has 0 unspecified atom stereocenters. The van der Waals surface area contributed by atoms with Gasteiger partial charge in [0.1, 0.15) is 12.4 Å². The number of benzene rings is 1. The molecule has 7 heteroatoms. The van der Waals surface area contributed by atoms with Crippen LogP contribution in [0, 0.1) is 0 Å². The quantitative estimate of drug-likeness (QED) is 0.789. The highest BCUT2D eigenvalue weighted by molar-refractivity contribution is 9.10. The van der Waals surface area contributed by atoms with Gasteiger partial charge in [-0.15, -0.1) is 0 Å². The van der Waals surface area contributed by atoms with Crippen LogP contribution in [-0.2, 0) is 4.74 Å². The van der Waals surface area contributed by atoms with Gasteiger partial charge in [0, 0.05) is 11.0 Å². The molecular weight excluding hydrogens is 312 g/mol. The molecule has 18 heavy (non-hydrogen) atoms. The minimum absolute atomic E-state index is 0.00908. The minimum Gasteiger partial charge on any atom is -0.507 e. The topological polar surface area (TPSA) is 58.6 Å². The van der Waals surface area contributed by atoms with Crippen LogP contribution < -0.4 is 5.32 Å². The van der Waals surface area contributed by atoms with Crippen LogP contribution in [0.3, 0.4) is 0 Å². The van der Waals surface area contributed by atoms with Crippen molar-refractivity contribution in [3.05, 3.63) is 28.2 Å². The van der Waals surface area contributed by atoms with Crippen molar-refractivity contribution in [2.75, 3.05) is 19.8 Å². The van der Waals surface area contributed by atoms with Crippen LogP contribution in [0.2, 0.25) is 0 Å². The third kappa shape index (κ3) is 4.97. The molecule has 0 atom stereocenters. The fourth-order valence-corrected chi connectivity index (χ4v) is 1.56. The summed E-state index contributed by atoms with van der Waals surface area (Å²) in [6.07, 6.45) is -2.52. The highest BCUT2D eigenvalue weighted by atomic mass is 79.9. The van der Waals surface area contributed by atoms with E-state index in [0.717, 1.165) is 0 Å². The van der Waals surface area contributed by atoms with Gasteiger partial charge in [-0.25, -0.2) is 8.78 Å². The van der Waals surface area contributed by atoms with E-state index in [2.05, 4.69) is 26.0 Å². The first-order valence-corrected chi connectivity index (χ1v) is 5.92. The smallest absolute Gasteiger partial charge is 0.261 e. The lowest BCUT2D eigenvalue weighted by Crippen LogP contribution is -2.27. The van der Waals surface area contributed by atoms with Gasteiger partial charge in [0.15, 0.2) is 0 Å². The van der Waals surface area contributed by atoms with E-state index in [1.165, 1.54) is 12.1 Å². The number of alkyl halides is 2. The zero-order chi connectivity index (χ0) is 13.5. The lowest BCUT2D eigenvalue weighted by atomic mass is 10.2. The Bertz CT molecular complexity index is 415. The molecule has 1 aromatic carbocycles. The fraction of sp³-hybridized carbons (Fsp3) is 0.364. The fourth-order valence-electron chi connectivity index (χ4n) is 1.19. The molecule has 1 amide bonds. The van der Waals surface area contributed by atoms with Crippen LogP contribution in [0.5, 0.6) is 5.75 Å². The van der Waals surface area contributed by atoms with Gasteiger partial charge in [-0.3, -0.25) is 4.79 Å². The average Bonchev–Trinajstić information content (AvgIpc) is 2.31. The number of nitrogens with one attached hydrogen (secondary N) is 1. The van der Waals surface area contributed by atoms with Gasteiger partial charge >= 0.3 is 0 Å². The number of amides is 1. The van der Waals surface area contributed by atoms with Gasteiger partial charge in [0.25, 0.3) is 12.3 Å². The van der Waals surface area contributed by atoms with Crippen LogP contribution in [0.15, 0.2) is 22.7 Å². The van der Waals surface area contributed by atoms with Crippen LogP contribution in [0.4, 0.5) is 8.78 Å². The molecule has 0 fully saturated rings. The van der Waals surface area contributed by atoms with E-state index in [0.29, 0.717) is 4.47 Å². The number of phenols is 1. The van der Waals surface area contributed by atoms with Gasteiger partial charge in [-0.1, -0.05) is 15.9 Å². The van der Waals surface area contributed by atoms with Gasteiger partial charge in [0.05, 0.1) is 12.2 Å². The first-order valence-electron chi connectivity index (χ1n) is 5.13. The van der Waals surface area contributed by atoms with Crippen molar-refractivity contribution in [3.63, 3.8) is 0 Å². The number of halogens is 3. The standard InChI is InChI=1S/C11H12BrF2NO3/c12-7-1-2-9(16)8(5-7)11(17)15-3-4-18-6-10(13)14/h1-2,5,10,16H,3-4,6H2,(H,15,17). The van der Waals surface area contributed by atoms with Crippen molar-refractivity contribution in [1.82, 2.24) is 5.32 Å². The number of carbonyl (C=O) groups excluding carboxylic acids is 1. The Labute approximate surface area is 111 Å². The van der Waals surface area contributed by atoms with Crippen molar-refractivity contribution in [1.29, 1.82) is 0 Å². The zero-order valence-electron chi connectivity index (χ0n) is 9.33. The summed E-state index contributed by atoms with van der Waals surface area (Å²) in [5.41, 5.74) is 0.109. The Morgan fingerprint density at radius 3 is 2.89 bits per heavy atom. The molecule has 1 rings (SSSR count). The van der Waals surface area contributed by atoms with E-state index in [-0.39, 0.29) is 24.5 Å².